The van der Waals surface area contributed by atoms with Crippen molar-refractivity contribution in [2.45, 2.75) is 19.8 Å². The van der Waals surface area contributed by atoms with Crippen LogP contribution in [0, 0.1) is 0 Å². The van der Waals surface area contributed by atoms with E-state index in [1.165, 1.54) is 22.8 Å². The second-order valence-electron chi connectivity index (χ2n) is 3.31. The van der Waals surface area contributed by atoms with Gasteiger partial charge in [0.15, 0.2) is 0 Å². The average molecular weight is 171 g/mol. The molecule has 66 valence electrons. The maximum absolute atomic E-state index is 4.11. The van der Waals surface area contributed by atoms with Crippen LogP contribution in [0.5, 0.6) is 0 Å². The minimum Gasteiger partial charge on any atom is -0.264 e. The normalized spacial score (nSPS) is 10.5. The SMILES string of the molecule is CCCc1ccc2ccncc2c1. The molecule has 0 N–H and O–H groups in total. The highest BCUT2D eigenvalue weighted by Gasteiger charge is 1.94. The van der Waals surface area contributed by atoms with Gasteiger partial charge in [0.05, 0.1) is 0 Å². The van der Waals surface area contributed by atoms with Gasteiger partial charge >= 0.3 is 0 Å². The van der Waals surface area contributed by atoms with Crippen LogP contribution in [0.2, 0.25) is 0 Å². The lowest BCUT2D eigenvalue weighted by Crippen LogP contribution is -1.83. The fourth-order valence-corrected chi connectivity index (χ4v) is 1.58. The van der Waals surface area contributed by atoms with E-state index in [1.807, 2.05) is 18.5 Å². The quantitative estimate of drug-likeness (QED) is 0.676. The first-order valence-corrected chi connectivity index (χ1v) is 4.73. The average Bonchev–Trinajstić information content (AvgIpc) is 2.18. The number of benzene rings is 1. The van der Waals surface area contributed by atoms with Crippen LogP contribution in [-0.2, 0) is 6.42 Å². The minimum absolute atomic E-state index is 1.16. The number of aromatic nitrogens is 1. The molecule has 0 atom stereocenters. The third-order valence-corrected chi connectivity index (χ3v) is 2.24. The highest BCUT2D eigenvalue weighted by atomic mass is 14.6. The van der Waals surface area contributed by atoms with Crippen LogP contribution in [-0.4, -0.2) is 4.98 Å². The second-order valence-corrected chi connectivity index (χ2v) is 3.31. The molecule has 1 aromatic carbocycles. The van der Waals surface area contributed by atoms with Crippen molar-refractivity contribution < 1.29 is 0 Å². The Balaban J connectivity index is 2.49. The van der Waals surface area contributed by atoms with Crippen LogP contribution < -0.4 is 0 Å². The molecule has 0 unspecified atom stereocenters. The Morgan fingerprint density at radius 1 is 1.15 bits per heavy atom. The zero-order valence-electron chi connectivity index (χ0n) is 7.83. The third kappa shape index (κ3) is 1.69. The molecule has 1 heteroatoms. The summed E-state index contributed by atoms with van der Waals surface area (Å²) < 4.78 is 0. The molecular weight excluding hydrogens is 158 g/mol. The van der Waals surface area contributed by atoms with Crippen LogP contribution in [0.3, 0.4) is 0 Å². The summed E-state index contributed by atoms with van der Waals surface area (Å²) in [4.78, 5) is 4.11. The van der Waals surface area contributed by atoms with E-state index in [4.69, 9.17) is 0 Å². The molecular formula is C12H13N. The molecule has 1 heterocycles. The van der Waals surface area contributed by atoms with E-state index >= 15 is 0 Å². The predicted molar refractivity (Wildman–Crippen MR) is 55.7 cm³/mol. The molecule has 0 spiro atoms. The maximum atomic E-state index is 4.11. The smallest absolute Gasteiger partial charge is 0.0346 e. The zero-order chi connectivity index (χ0) is 9.10. The fourth-order valence-electron chi connectivity index (χ4n) is 1.58. The molecule has 0 radical (unpaired) electrons. The highest BCUT2D eigenvalue weighted by Crippen LogP contribution is 2.15. The van der Waals surface area contributed by atoms with Gasteiger partial charge in [-0.2, -0.15) is 0 Å². The van der Waals surface area contributed by atoms with Crippen LogP contribution in [0.4, 0.5) is 0 Å². The highest BCUT2D eigenvalue weighted by molar-refractivity contribution is 5.81. The van der Waals surface area contributed by atoms with Crippen LogP contribution in [0.25, 0.3) is 10.8 Å². The number of nitrogens with zero attached hydrogens (tertiary/aromatic N) is 1. The molecule has 0 bridgehead atoms. The van der Waals surface area contributed by atoms with Crippen LogP contribution in [0.1, 0.15) is 18.9 Å². The third-order valence-electron chi connectivity index (χ3n) is 2.24. The standard InChI is InChI=1S/C12H13N/c1-2-3-10-4-5-11-6-7-13-9-12(11)8-10/h4-9H,2-3H2,1H3. The minimum atomic E-state index is 1.16. The summed E-state index contributed by atoms with van der Waals surface area (Å²) in [5.74, 6) is 0. The number of aryl methyl sites for hydroxylation is 1. The number of hydrogen-bond donors (Lipinski definition) is 0. The van der Waals surface area contributed by atoms with Gasteiger partial charge in [0.2, 0.25) is 0 Å². The van der Waals surface area contributed by atoms with E-state index < -0.39 is 0 Å². The van der Waals surface area contributed by atoms with E-state index in [0.717, 1.165) is 6.42 Å². The Labute approximate surface area is 78.4 Å². The van der Waals surface area contributed by atoms with E-state index in [9.17, 15) is 0 Å². The van der Waals surface area contributed by atoms with Crippen molar-refractivity contribution >= 4 is 10.8 Å². The predicted octanol–water partition coefficient (Wildman–Crippen LogP) is 3.19. The van der Waals surface area contributed by atoms with Gasteiger partial charge in [0, 0.05) is 17.8 Å². The maximum Gasteiger partial charge on any atom is 0.0346 e. The number of rotatable bonds is 2. The largest absolute Gasteiger partial charge is 0.264 e. The summed E-state index contributed by atoms with van der Waals surface area (Å²) in [5, 5.41) is 2.52. The van der Waals surface area contributed by atoms with E-state index in [-0.39, 0.29) is 0 Å². The summed E-state index contributed by atoms with van der Waals surface area (Å²) in [6.45, 7) is 2.20. The van der Waals surface area contributed by atoms with Crippen molar-refractivity contribution in [1.29, 1.82) is 0 Å². The number of fused-ring (bicyclic) bond motifs is 1. The van der Waals surface area contributed by atoms with E-state index in [0.29, 0.717) is 0 Å². The van der Waals surface area contributed by atoms with Crippen molar-refractivity contribution in [2.75, 3.05) is 0 Å². The van der Waals surface area contributed by atoms with Gasteiger partial charge in [0.1, 0.15) is 0 Å². The molecule has 0 saturated heterocycles. The Kier molecular flexibility index (Phi) is 2.26. The van der Waals surface area contributed by atoms with Crippen LogP contribution in [0.15, 0.2) is 36.7 Å². The fraction of sp³-hybridized carbons (Fsp3) is 0.250. The molecule has 0 fully saturated rings. The number of pyridine rings is 1. The Bertz CT molecular complexity index is 407. The summed E-state index contributed by atoms with van der Waals surface area (Å²) in [6, 6.07) is 8.64. The van der Waals surface area contributed by atoms with Crippen molar-refractivity contribution in [3.8, 4) is 0 Å². The Morgan fingerprint density at radius 3 is 2.92 bits per heavy atom. The van der Waals surface area contributed by atoms with Gasteiger partial charge in [-0.25, -0.2) is 0 Å². The zero-order valence-corrected chi connectivity index (χ0v) is 7.83. The lowest BCUT2D eigenvalue weighted by molar-refractivity contribution is 0.923. The van der Waals surface area contributed by atoms with Crippen molar-refractivity contribution in [1.82, 2.24) is 4.98 Å². The first kappa shape index (κ1) is 8.24. The van der Waals surface area contributed by atoms with Gasteiger partial charge in [-0.05, 0) is 29.5 Å². The summed E-state index contributed by atoms with van der Waals surface area (Å²) >= 11 is 0. The monoisotopic (exact) mass is 171 g/mol. The molecule has 0 aliphatic heterocycles. The molecule has 0 amide bonds. The van der Waals surface area contributed by atoms with Gasteiger partial charge in [0.25, 0.3) is 0 Å². The first-order valence-electron chi connectivity index (χ1n) is 4.73. The molecule has 1 aromatic heterocycles. The molecule has 0 aliphatic rings. The lowest BCUT2D eigenvalue weighted by atomic mass is 10.1. The van der Waals surface area contributed by atoms with Gasteiger partial charge < -0.3 is 0 Å². The summed E-state index contributed by atoms with van der Waals surface area (Å²) in [5.41, 5.74) is 1.41. The second kappa shape index (κ2) is 3.56. The van der Waals surface area contributed by atoms with Crippen molar-refractivity contribution in [2.24, 2.45) is 0 Å². The van der Waals surface area contributed by atoms with Gasteiger partial charge in [-0.15, -0.1) is 0 Å². The van der Waals surface area contributed by atoms with E-state index in [1.54, 1.807) is 0 Å². The van der Waals surface area contributed by atoms with E-state index in [2.05, 4.69) is 30.1 Å². The van der Waals surface area contributed by atoms with Crippen molar-refractivity contribution in [3.63, 3.8) is 0 Å². The molecule has 1 nitrogen and oxygen atoms in total. The molecule has 2 rings (SSSR count). The van der Waals surface area contributed by atoms with Crippen molar-refractivity contribution in [3.05, 3.63) is 42.2 Å². The molecule has 0 saturated carbocycles. The Hall–Kier alpha value is -1.37. The summed E-state index contributed by atoms with van der Waals surface area (Å²) in [6.07, 6.45) is 6.12. The van der Waals surface area contributed by atoms with Gasteiger partial charge in [-0.1, -0.05) is 25.5 Å². The lowest BCUT2D eigenvalue weighted by Gasteiger charge is -2.00. The van der Waals surface area contributed by atoms with Gasteiger partial charge in [-0.3, -0.25) is 4.98 Å². The Morgan fingerprint density at radius 2 is 2.08 bits per heavy atom. The molecule has 0 aliphatic carbocycles. The first-order chi connectivity index (χ1) is 6.40. The topological polar surface area (TPSA) is 12.9 Å². The summed E-state index contributed by atoms with van der Waals surface area (Å²) in [7, 11) is 0. The van der Waals surface area contributed by atoms with Crippen LogP contribution >= 0.6 is 0 Å². The molecule has 13 heavy (non-hydrogen) atoms. The molecule has 2 aromatic rings. The number of hydrogen-bond acceptors (Lipinski definition) is 1.